The molecule has 0 radical (unpaired) electrons. The average molecular weight is 221 g/mol. The van der Waals surface area contributed by atoms with E-state index in [1.54, 1.807) is 0 Å². The summed E-state index contributed by atoms with van der Waals surface area (Å²) in [6, 6.07) is 3.23. The van der Waals surface area contributed by atoms with Gasteiger partial charge in [0.05, 0.1) is 4.92 Å². The van der Waals surface area contributed by atoms with Crippen LogP contribution in [0.25, 0.3) is 0 Å². The number of ether oxygens (including phenoxy) is 1. The van der Waals surface area contributed by atoms with Gasteiger partial charge in [-0.2, -0.15) is 0 Å². The minimum Gasteiger partial charge on any atom is -0.398 e. The van der Waals surface area contributed by atoms with Crippen LogP contribution < -0.4 is 4.74 Å². The third-order valence-corrected chi connectivity index (χ3v) is 1.54. The van der Waals surface area contributed by atoms with Gasteiger partial charge in [0.1, 0.15) is 0 Å². The van der Waals surface area contributed by atoms with Crippen LogP contribution in [0.2, 0.25) is 0 Å². The third-order valence-electron chi connectivity index (χ3n) is 1.54. The topological polar surface area (TPSA) is 52.4 Å². The maximum atomic E-state index is 11.8. The molecule has 0 atom stereocenters. The van der Waals surface area contributed by atoms with E-state index >= 15 is 0 Å². The van der Waals surface area contributed by atoms with Crippen molar-refractivity contribution in [2.24, 2.45) is 0 Å². The number of nitro benzene ring substituents is 1. The van der Waals surface area contributed by atoms with Crippen LogP contribution in [0.3, 0.4) is 0 Å². The number of halogens is 3. The Balaban J connectivity index is 3.12. The van der Waals surface area contributed by atoms with E-state index in [-0.39, 0.29) is 0 Å². The molecule has 0 spiro atoms. The van der Waals surface area contributed by atoms with Gasteiger partial charge in [0.2, 0.25) is 5.75 Å². The molecule has 82 valence electrons. The molecule has 0 unspecified atom stereocenters. The second-order valence-electron chi connectivity index (χ2n) is 2.78. The zero-order valence-corrected chi connectivity index (χ0v) is 7.54. The predicted molar refractivity (Wildman–Crippen MR) is 44.5 cm³/mol. The largest absolute Gasteiger partial charge is 0.573 e. The maximum absolute atomic E-state index is 11.8. The summed E-state index contributed by atoms with van der Waals surface area (Å²) in [5, 5.41) is 10.4. The highest BCUT2D eigenvalue weighted by molar-refractivity contribution is 5.48. The van der Waals surface area contributed by atoms with Crippen LogP contribution in [0, 0.1) is 17.0 Å². The van der Waals surface area contributed by atoms with Crippen molar-refractivity contribution in [2.75, 3.05) is 0 Å². The fourth-order valence-corrected chi connectivity index (χ4v) is 0.981. The molecule has 0 bridgehead atoms. The highest BCUT2D eigenvalue weighted by Gasteiger charge is 2.34. The summed E-state index contributed by atoms with van der Waals surface area (Å²) in [4.78, 5) is 9.50. The molecular weight excluding hydrogens is 215 g/mol. The van der Waals surface area contributed by atoms with Crippen molar-refractivity contribution in [1.29, 1.82) is 0 Å². The molecule has 0 aromatic heterocycles. The van der Waals surface area contributed by atoms with Crippen LogP contribution in [-0.2, 0) is 0 Å². The van der Waals surface area contributed by atoms with E-state index in [1.807, 2.05) is 0 Å². The summed E-state index contributed by atoms with van der Waals surface area (Å²) in [6.45, 7) is 1.53. The smallest absolute Gasteiger partial charge is 0.398 e. The normalized spacial score (nSPS) is 11.2. The van der Waals surface area contributed by atoms with Crippen LogP contribution in [-0.4, -0.2) is 11.3 Å². The van der Waals surface area contributed by atoms with E-state index in [1.165, 1.54) is 13.0 Å². The zero-order chi connectivity index (χ0) is 11.6. The first kappa shape index (κ1) is 11.3. The molecule has 4 nitrogen and oxygen atoms in total. The standard InChI is InChI=1S/C8H6F3NO3/c1-5-2-3-7(15-8(9,10)11)6(4-5)12(13)14/h2-4H,1H3. The van der Waals surface area contributed by atoms with Crippen LogP contribution in [0.15, 0.2) is 18.2 Å². The van der Waals surface area contributed by atoms with Crippen molar-refractivity contribution >= 4 is 5.69 Å². The molecule has 0 N–H and O–H groups in total. The SMILES string of the molecule is Cc1ccc(OC(F)(F)F)c([N+](=O)[O-])c1. The lowest BCUT2D eigenvalue weighted by Gasteiger charge is -2.08. The van der Waals surface area contributed by atoms with Crippen molar-refractivity contribution in [1.82, 2.24) is 0 Å². The summed E-state index contributed by atoms with van der Waals surface area (Å²) in [5.74, 6) is -0.807. The fraction of sp³-hybridized carbons (Fsp3) is 0.250. The number of aryl methyl sites for hydroxylation is 1. The summed E-state index contributed by atoms with van der Waals surface area (Å²) in [5.41, 5.74) is -0.219. The number of rotatable bonds is 2. The minimum atomic E-state index is -4.93. The maximum Gasteiger partial charge on any atom is 0.573 e. The number of hydrogen-bond donors (Lipinski definition) is 0. The lowest BCUT2D eigenvalue weighted by Crippen LogP contribution is -2.17. The molecule has 0 fully saturated rings. The Hall–Kier alpha value is -1.79. The van der Waals surface area contributed by atoms with E-state index in [0.717, 1.165) is 12.1 Å². The van der Waals surface area contributed by atoms with Crippen molar-refractivity contribution in [2.45, 2.75) is 13.3 Å². The molecule has 1 rings (SSSR count). The monoisotopic (exact) mass is 221 g/mol. The van der Waals surface area contributed by atoms with Gasteiger partial charge < -0.3 is 4.74 Å². The average Bonchev–Trinajstić information content (AvgIpc) is 2.05. The van der Waals surface area contributed by atoms with Gasteiger partial charge in [-0.1, -0.05) is 6.07 Å². The molecule has 1 aromatic rings. The number of alkyl halides is 3. The van der Waals surface area contributed by atoms with Crippen LogP contribution >= 0.6 is 0 Å². The molecule has 15 heavy (non-hydrogen) atoms. The van der Waals surface area contributed by atoms with E-state index < -0.39 is 22.7 Å². The lowest BCUT2D eigenvalue weighted by atomic mass is 10.2. The first-order chi connectivity index (χ1) is 6.79. The molecule has 7 heteroatoms. The Labute approximate surface area is 82.4 Å². The molecule has 0 aliphatic carbocycles. The number of hydrogen-bond acceptors (Lipinski definition) is 3. The summed E-state index contributed by atoms with van der Waals surface area (Å²) < 4.78 is 39.0. The van der Waals surface area contributed by atoms with Gasteiger partial charge in [0.25, 0.3) is 0 Å². The van der Waals surface area contributed by atoms with Crippen molar-refractivity contribution in [3.05, 3.63) is 33.9 Å². The molecule has 0 amide bonds. The number of benzene rings is 1. The highest BCUT2D eigenvalue weighted by Crippen LogP contribution is 2.32. The fourth-order valence-electron chi connectivity index (χ4n) is 0.981. The molecule has 0 aliphatic heterocycles. The second-order valence-corrected chi connectivity index (χ2v) is 2.78. The van der Waals surface area contributed by atoms with Crippen molar-refractivity contribution in [3.8, 4) is 5.75 Å². The van der Waals surface area contributed by atoms with Gasteiger partial charge in [-0.25, -0.2) is 0 Å². The highest BCUT2D eigenvalue weighted by atomic mass is 19.4. The van der Waals surface area contributed by atoms with E-state index in [9.17, 15) is 23.3 Å². The zero-order valence-electron chi connectivity index (χ0n) is 7.54. The number of nitro groups is 1. The van der Waals surface area contributed by atoms with E-state index in [2.05, 4.69) is 4.74 Å². The van der Waals surface area contributed by atoms with E-state index in [0.29, 0.717) is 5.56 Å². The van der Waals surface area contributed by atoms with Crippen LogP contribution in [0.5, 0.6) is 5.75 Å². The first-order valence-electron chi connectivity index (χ1n) is 3.80. The van der Waals surface area contributed by atoms with Gasteiger partial charge >= 0.3 is 12.0 Å². The second kappa shape index (κ2) is 3.76. The Bertz CT molecular complexity index is 389. The quantitative estimate of drug-likeness (QED) is 0.569. The lowest BCUT2D eigenvalue weighted by molar-refractivity contribution is -0.388. The minimum absolute atomic E-state index is 0.483. The van der Waals surface area contributed by atoms with Crippen LogP contribution in [0.4, 0.5) is 18.9 Å². The third kappa shape index (κ3) is 3.12. The van der Waals surface area contributed by atoms with Crippen LogP contribution in [0.1, 0.15) is 5.56 Å². The van der Waals surface area contributed by atoms with Gasteiger partial charge in [0, 0.05) is 6.07 Å². The van der Waals surface area contributed by atoms with Gasteiger partial charge in [0.15, 0.2) is 0 Å². The molecule has 0 saturated heterocycles. The first-order valence-corrected chi connectivity index (χ1v) is 3.80. The summed E-state index contributed by atoms with van der Waals surface area (Å²) >= 11 is 0. The molecular formula is C8H6F3NO3. The molecule has 0 saturated carbocycles. The van der Waals surface area contributed by atoms with Crippen molar-refractivity contribution in [3.63, 3.8) is 0 Å². The van der Waals surface area contributed by atoms with Gasteiger partial charge in [-0.05, 0) is 18.6 Å². The predicted octanol–water partition coefficient (Wildman–Crippen LogP) is 2.80. The van der Waals surface area contributed by atoms with Crippen molar-refractivity contribution < 1.29 is 22.8 Å². The Kier molecular flexibility index (Phi) is 2.83. The Morgan fingerprint density at radius 1 is 1.40 bits per heavy atom. The molecule has 0 heterocycles. The number of nitrogens with zero attached hydrogens (tertiary/aromatic N) is 1. The van der Waals surface area contributed by atoms with Gasteiger partial charge in [-0.3, -0.25) is 10.1 Å². The van der Waals surface area contributed by atoms with Gasteiger partial charge in [-0.15, -0.1) is 13.2 Å². The summed E-state index contributed by atoms with van der Waals surface area (Å²) in [6.07, 6.45) is -4.93. The molecule has 0 aliphatic rings. The Morgan fingerprint density at radius 3 is 2.47 bits per heavy atom. The Morgan fingerprint density at radius 2 is 2.00 bits per heavy atom. The molecule has 1 aromatic carbocycles. The van der Waals surface area contributed by atoms with E-state index in [4.69, 9.17) is 0 Å². The summed E-state index contributed by atoms with van der Waals surface area (Å²) in [7, 11) is 0.